The molecule has 0 aliphatic carbocycles. The summed E-state index contributed by atoms with van der Waals surface area (Å²) in [5.74, 6) is 0. The van der Waals surface area contributed by atoms with E-state index in [9.17, 15) is 0 Å². The Balaban J connectivity index is 0.000000259. The van der Waals surface area contributed by atoms with Crippen LogP contribution in [-0.2, 0) is 0 Å². The van der Waals surface area contributed by atoms with E-state index in [0.29, 0.717) is 0 Å². The lowest BCUT2D eigenvalue weighted by Gasteiger charge is -2.25. The first kappa shape index (κ1) is 34.8. The van der Waals surface area contributed by atoms with Crippen LogP contribution in [0.25, 0.3) is 44.2 Å². The molecule has 4 heteroatoms. The van der Waals surface area contributed by atoms with Crippen molar-refractivity contribution in [3.63, 3.8) is 0 Å². The van der Waals surface area contributed by atoms with Crippen molar-refractivity contribution in [3.05, 3.63) is 224 Å². The number of hydrogen-bond donors (Lipinski definition) is 1. The van der Waals surface area contributed by atoms with E-state index in [1.165, 1.54) is 32.8 Å². The summed E-state index contributed by atoms with van der Waals surface area (Å²) in [7, 11) is 0. The second-order valence-corrected chi connectivity index (χ2v) is 13.1. The summed E-state index contributed by atoms with van der Waals surface area (Å²) >= 11 is 0. The molecule has 8 aromatic carbocycles. The molecule has 10 rings (SSSR count). The van der Waals surface area contributed by atoms with E-state index in [1.807, 2.05) is 60.7 Å². The summed E-state index contributed by atoms with van der Waals surface area (Å²) < 4.78 is 4.84. The highest BCUT2D eigenvalue weighted by atomic mass is 15.1. The number of nitrogens with one attached hydrogen (secondary N) is 1. The van der Waals surface area contributed by atoms with E-state index in [0.717, 1.165) is 39.8 Å². The molecule has 0 saturated carbocycles. The lowest BCUT2D eigenvalue weighted by atomic mass is 10.1. The van der Waals surface area contributed by atoms with Gasteiger partial charge in [-0.25, -0.2) is 0 Å². The van der Waals surface area contributed by atoms with E-state index < -0.39 is 0 Å². The normalized spacial score (nSPS) is 10.8. The summed E-state index contributed by atoms with van der Waals surface area (Å²) in [5, 5.41) is 5.74. The summed E-state index contributed by atoms with van der Waals surface area (Å²) in [4.78, 5) is 2.33. The minimum Gasteiger partial charge on any atom is -0.356 e. The molecule has 1 N–H and O–H groups in total. The third kappa shape index (κ3) is 6.85. The average Bonchev–Trinajstić information content (AvgIpc) is 3.76. The number of anilines is 5. The quantitative estimate of drug-likeness (QED) is 0.178. The smallest absolute Gasteiger partial charge is 0.0804 e. The van der Waals surface area contributed by atoms with Crippen molar-refractivity contribution in [2.24, 2.45) is 0 Å². The molecule has 2 heterocycles. The van der Waals surface area contributed by atoms with E-state index in [1.54, 1.807) is 0 Å². The monoisotopic (exact) mass is 710 g/mol. The fourth-order valence-corrected chi connectivity index (χ4v) is 7.37. The first-order valence-electron chi connectivity index (χ1n) is 18.3. The predicted octanol–water partition coefficient (Wildman–Crippen LogP) is 14.3. The zero-order valence-corrected chi connectivity index (χ0v) is 29.7. The van der Waals surface area contributed by atoms with Gasteiger partial charge in [0.15, 0.2) is 0 Å². The Morgan fingerprint density at radius 2 is 0.709 bits per heavy atom. The lowest BCUT2D eigenvalue weighted by Crippen LogP contribution is -2.09. The third-order valence-corrected chi connectivity index (χ3v) is 9.70. The molecule has 0 aliphatic heterocycles. The zero-order chi connectivity index (χ0) is 36.1. The summed E-state index contributed by atoms with van der Waals surface area (Å²) in [6.07, 6.45) is 0. The maximum atomic E-state index is 3.30. The van der Waals surface area contributed by atoms with Gasteiger partial charge in [0.25, 0.3) is 0 Å². The Morgan fingerprint density at radius 1 is 0.327 bits per heavy atom. The van der Waals surface area contributed by atoms with Crippen LogP contribution in [0.4, 0.5) is 28.4 Å². The molecule has 10 aromatic rings. The molecule has 0 amide bonds. The number of benzene rings is 8. The number of fused-ring (bicyclic) bond motifs is 5. The topological polar surface area (TPSA) is 25.1 Å². The molecule has 0 aliphatic rings. The van der Waals surface area contributed by atoms with Crippen LogP contribution in [0.5, 0.6) is 0 Å². The number of hydrogen-bond acceptors (Lipinski definition) is 2. The lowest BCUT2D eigenvalue weighted by molar-refractivity contribution is 1.17. The Labute approximate surface area is 322 Å². The van der Waals surface area contributed by atoms with Crippen molar-refractivity contribution < 1.29 is 0 Å². The van der Waals surface area contributed by atoms with Gasteiger partial charge in [-0.2, -0.15) is 0 Å². The van der Waals surface area contributed by atoms with Crippen LogP contribution in [0.3, 0.4) is 0 Å². The van der Waals surface area contributed by atoms with Gasteiger partial charge in [0.05, 0.1) is 22.1 Å². The maximum Gasteiger partial charge on any atom is 0.0804 e. The van der Waals surface area contributed by atoms with Gasteiger partial charge in [-0.3, -0.25) is 0 Å². The van der Waals surface area contributed by atoms with Gasteiger partial charge in [0.1, 0.15) is 0 Å². The summed E-state index contributed by atoms with van der Waals surface area (Å²) in [6, 6.07) is 78.5. The van der Waals surface area contributed by atoms with Crippen molar-refractivity contribution in [2.45, 2.75) is 7.43 Å². The van der Waals surface area contributed by atoms with Crippen LogP contribution in [0.1, 0.15) is 7.43 Å². The Morgan fingerprint density at radius 3 is 1.20 bits per heavy atom. The van der Waals surface area contributed by atoms with Crippen LogP contribution < -0.4 is 10.2 Å². The largest absolute Gasteiger partial charge is 0.356 e. The minimum atomic E-state index is 0. The van der Waals surface area contributed by atoms with Crippen molar-refractivity contribution in [3.8, 4) is 11.4 Å². The van der Waals surface area contributed by atoms with Gasteiger partial charge in [0.2, 0.25) is 0 Å². The molecule has 0 atom stereocenters. The summed E-state index contributed by atoms with van der Waals surface area (Å²) in [6.45, 7) is 0. The third-order valence-electron chi connectivity index (χ3n) is 9.70. The van der Waals surface area contributed by atoms with Gasteiger partial charge in [-0.15, -0.1) is 0 Å². The maximum absolute atomic E-state index is 3.30. The molecule has 266 valence electrons. The van der Waals surface area contributed by atoms with Gasteiger partial charge in [0, 0.05) is 50.6 Å². The minimum absolute atomic E-state index is 0. The van der Waals surface area contributed by atoms with Crippen molar-refractivity contribution in [2.75, 3.05) is 10.2 Å². The number of nitrogens with zero attached hydrogens (tertiary/aromatic N) is 3. The average molecular weight is 711 g/mol. The molecule has 0 saturated heterocycles. The molecule has 0 radical (unpaired) electrons. The van der Waals surface area contributed by atoms with E-state index in [2.05, 4.69) is 183 Å². The number of rotatable bonds is 7. The molecule has 0 fully saturated rings. The van der Waals surface area contributed by atoms with Gasteiger partial charge < -0.3 is 19.4 Å². The molecule has 0 spiro atoms. The first-order chi connectivity index (χ1) is 26.8. The van der Waals surface area contributed by atoms with Crippen LogP contribution in [-0.4, -0.2) is 9.13 Å². The molecule has 2 aromatic heterocycles. The fourth-order valence-electron chi connectivity index (χ4n) is 7.37. The van der Waals surface area contributed by atoms with Gasteiger partial charge >= 0.3 is 0 Å². The molecule has 0 bridgehead atoms. The van der Waals surface area contributed by atoms with Crippen LogP contribution in [0, 0.1) is 0 Å². The van der Waals surface area contributed by atoms with E-state index >= 15 is 0 Å². The van der Waals surface area contributed by atoms with Gasteiger partial charge in [-0.1, -0.05) is 135 Å². The SMILES string of the molecule is C.c1ccc(N(c2ccccc2)c2ccc3c(c2)c2c(c4ccccc4n2-c2ccccc2)n3-c2ccccc2)cc1.c1ccc(Nc2ccccc2)cc1. The molecule has 55 heavy (non-hydrogen) atoms. The Hall–Kier alpha value is -7.30. The molecule has 0 unspecified atom stereocenters. The highest BCUT2D eigenvalue weighted by molar-refractivity contribution is 6.20. The predicted molar refractivity (Wildman–Crippen MR) is 235 cm³/mol. The standard InChI is InChI=1S/C38H27N3.C12H11N.CH4/c1-5-15-28(16-6-1)39(29-17-7-2-8-18-29)32-25-26-36-34(27-32)38-37(41(36)31-21-11-4-12-22-31)33-23-13-14-24-35(33)40(38)30-19-9-3-10-20-30;1-3-7-11(8-4-1)13-12-9-5-2-6-10-12;/h1-27H;1-10,13H;1H4. The Kier molecular flexibility index (Phi) is 9.95. The van der Waals surface area contributed by atoms with E-state index in [-0.39, 0.29) is 7.43 Å². The Bertz CT molecular complexity index is 2640. The summed E-state index contributed by atoms with van der Waals surface area (Å²) in [5.41, 5.74) is 12.7. The molecule has 4 nitrogen and oxygen atoms in total. The second-order valence-electron chi connectivity index (χ2n) is 13.1. The molecular formula is C51H42N4. The van der Waals surface area contributed by atoms with Crippen LogP contribution in [0.2, 0.25) is 0 Å². The van der Waals surface area contributed by atoms with Crippen LogP contribution in [0.15, 0.2) is 224 Å². The van der Waals surface area contributed by atoms with Crippen molar-refractivity contribution in [1.82, 2.24) is 9.13 Å². The first-order valence-corrected chi connectivity index (χ1v) is 18.3. The second kappa shape index (κ2) is 15.7. The fraction of sp³-hybridized carbons (Fsp3) is 0.0196. The number of aromatic nitrogens is 2. The van der Waals surface area contributed by atoms with Gasteiger partial charge in [-0.05, 0) is 97.1 Å². The number of para-hydroxylation sites is 7. The van der Waals surface area contributed by atoms with Crippen molar-refractivity contribution >= 4 is 61.3 Å². The van der Waals surface area contributed by atoms with E-state index in [4.69, 9.17) is 0 Å². The molecular weight excluding hydrogens is 669 g/mol. The highest BCUT2D eigenvalue weighted by Crippen LogP contribution is 2.43. The van der Waals surface area contributed by atoms with Crippen molar-refractivity contribution in [1.29, 1.82) is 0 Å². The zero-order valence-electron chi connectivity index (χ0n) is 29.7. The highest BCUT2D eigenvalue weighted by Gasteiger charge is 2.23. The van der Waals surface area contributed by atoms with Crippen LogP contribution >= 0.6 is 0 Å².